The molecule has 11 unspecified atom stereocenters. The van der Waals surface area contributed by atoms with Crippen molar-refractivity contribution in [1.29, 1.82) is 0 Å². The van der Waals surface area contributed by atoms with Crippen LogP contribution in [0.15, 0.2) is 36.4 Å². The molecule has 0 aromatic heterocycles. The molecule has 3 aliphatic carbocycles. The Labute approximate surface area is 275 Å². The smallest absolute Gasteiger partial charge is 0.497 e. The van der Waals surface area contributed by atoms with Gasteiger partial charge in [0.15, 0.2) is 23.3 Å². The Kier molecular flexibility index (Phi) is 6.95. The average Bonchev–Trinajstić information content (AvgIpc) is 3.80. The number of esters is 1. The van der Waals surface area contributed by atoms with Crippen molar-refractivity contribution in [2.45, 2.75) is 79.7 Å². The number of cyclic esters (lactones) is 2. The van der Waals surface area contributed by atoms with Gasteiger partial charge in [0.25, 0.3) is 0 Å². The van der Waals surface area contributed by atoms with Gasteiger partial charge in [0.05, 0.1) is 26.2 Å². The van der Waals surface area contributed by atoms with Crippen molar-refractivity contribution < 1.29 is 63.4 Å². The fourth-order valence-electron chi connectivity index (χ4n) is 8.47. The van der Waals surface area contributed by atoms with Crippen LogP contribution in [-0.4, -0.2) is 96.8 Å². The van der Waals surface area contributed by atoms with Crippen LogP contribution in [-0.2, 0) is 44.3 Å². The first-order chi connectivity index (χ1) is 22.9. The number of nitrogens with two attached hydrogens (primary N) is 1. The van der Waals surface area contributed by atoms with Crippen LogP contribution in [0.5, 0.6) is 5.75 Å². The van der Waals surface area contributed by atoms with Crippen molar-refractivity contribution in [2.75, 3.05) is 20.8 Å². The highest BCUT2D eigenvalue weighted by molar-refractivity contribution is 6.20. The zero-order valence-corrected chi connectivity index (χ0v) is 26.6. The van der Waals surface area contributed by atoms with E-state index in [1.165, 1.54) is 19.3 Å². The summed E-state index contributed by atoms with van der Waals surface area (Å²) in [5.74, 6) is -1.69. The van der Waals surface area contributed by atoms with Crippen molar-refractivity contribution in [3.8, 4) is 5.75 Å². The van der Waals surface area contributed by atoms with E-state index in [2.05, 4.69) is 0 Å². The molecule has 2 aromatic carbocycles. The van der Waals surface area contributed by atoms with Gasteiger partial charge in [0.1, 0.15) is 42.4 Å². The van der Waals surface area contributed by atoms with Gasteiger partial charge in [-0.25, -0.2) is 4.79 Å². The molecule has 0 amide bonds. The van der Waals surface area contributed by atoms with E-state index in [1.807, 2.05) is 19.1 Å². The number of aryl methyl sites for hydroxylation is 1. The first-order valence-electron chi connectivity index (χ1n) is 16.0. The van der Waals surface area contributed by atoms with Crippen LogP contribution in [0.3, 0.4) is 0 Å². The Hall–Kier alpha value is -4.11. The maximum Gasteiger partial charge on any atom is 0.508 e. The molecule has 11 atom stereocenters. The summed E-state index contributed by atoms with van der Waals surface area (Å²) in [4.78, 5) is 40.5. The van der Waals surface area contributed by atoms with Gasteiger partial charge in [-0.1, -0.05) is 18.2 Å². The number of fused-ring (bicyclic) bond motifs is 7. The molecule has 3 aliphatic heterocycles. The Morgan fingerprint density at radius 3 is 2.48 bits per heavy atom. The van der Waals surface area contributed by atoms with Crippen LogP contribution in [0.4, 0.5) is 4.79 Å². The normalized spacial score (nSPS) is 38.7. The molecule has 3 fully saturated rings. The van der Waals surface area contributed by atoms with Crippen LogP contribution in [0.25, 0.3) is 12.2 Å². The van der Waals surface area contributed by atoms with Gasteiger partial charge in [-0.05, 0) is 83.1 Å². The van der Waals surface area contributed by atoms with Crippen LogP contribution >= 0.6 is 0 Å². The van der Waals surface area contributed by atoms with E-state index in [4.69, 9.17) is 28.4 Å². The molecule has 3 saturated heterocycles. The monoisotopic (exact) mass is 662 g/mol. The number of rotatable bonds is 5. The maximum atomic E-state index is 14.4. The third kappa shape index (κ3) is 4.03. The second-order valence-corrected chi connectivity index (χ2v) is 13.3. The number of ketones is 1. The van der Waals surface area contributed by atoms with Crippen molar-refractivity contribution >= 4 is 30.1 Å². The van der Waals surface area contributed by atoms with Crippen LogP contribution < -0.4 is 10.1 Å². The second kappa shape index (κ2) is 10.7. The molecular formula is C35H36NO12+. The fraction of sp³-hybridized carbons (Fsp3) is 0.457. The molecule has 1 spiro atoms. The minimum absolute atomic E-state index is 0.171. The number of benzene rings is 2. The number of carbonyl (C=O) groups excluding carboxylic acids is 3. The van der Waals surface area contributed by atoms with E-state index < -0.39 is 83.8 Å². The quantitative estimate of drug-likeness (QED) is 0.256. The van der Waals surface area contributed by atoms with Gasteiger partial charge < -0.3 is 49.1 Å². The number of allylic oxidation sites excluding steroid dienone is 1. The van der Waals surface area contributed by atoms with Crippen molar-refractivity contribution in [2.24, 2.45) is 0 Å². The summed E-state index contributed by atoms with van der Waals surface area (Å²) in [5, 5.41) is 35.1. The number of hydrogen-bond acceptors (Lipinski definition) is 12. The topological polar surface area (TPSA) is 184 Å². The highest BCUT2D eigenvalue weighted by Crippen LogP contribution is 2.62. The second-order valence-electron chi connectivity index (χ2n) is 13.3. The SMILES string of the molecule is C[NH2+]C1C(OC2c3cc4c(cc3C3C2OC(=O)C32C(=O)C=Cc3c(C)cc(OC)cc32)C(O)(C2COC(=O)O2)C=C4)OC(C)C(O)C1O. The Balaban J connectivity index is 1.32. The molecule has 3 heterocycles. The largest absolute Gasteiger partial charge is 0.508 e. The minimum Gasteiger partial charge on any atom is -0.497 e. The summed E-state index contributed by atoms with van der Waals surface area (Å²) in [6.45, 7) is 3.33. The van der Waals surface area contributed by atoms with E-state index in [0.29, 0.717) is 39.1 Å². The third-order valence-corrected chi connectivity index (χ3v) is 11.0. The van der Waals surface area contributed by atoms with Crippen LogP contribution in [0, 0.1) is 6.92 Å². The summed E-state index contributed by atoms with van der Waals surface area (Å²) < 4.78 is 34.8. The number of likely N-dealkylation sites (N-methyl/N-ethyl adjacent to an activating group) is 1. The number of carbonyl (C=O) groups is 3. The molecule has 6 aliphatic rings. The van der Waals surface area contributed by atoms with Crippen LogP contribution in [0.2, 0.25) is 0 Å². The lowest BCUT2D eigenvalue weighted by molar-refractivity contribution is -0.696. The average molecular weight is 663 g/mol. The van der Waals surface area contributed by atoms with Gasteiger partial charge in [0.2, 0.25) is 6.29 Å². The number of methoxy groups -OCH3 is 1. The van der Waals surface area contributed by atoms with Crippen LogP contribution in [0.1, 0.15) is 57.9 Å². The maximum absolute atomic E-state index is 14.4. The van der Waals surface area contributed by atoms with Gasteiger partial charge in [-0.2, -0.15) is 0 Å². The third-order valence-electron chi connectivity index (χ3n) is 11.0. The Morgan fingerprint density at radius 1 is 0.979 bits per heavy atom. The Morgan fingerprint density at radius 2 is 1.77 bits per heavy atom. The van der Waals surface area contributed by atoms with E-state index in [9.17, 15) is 29.7 Å². The van der Waals surface area contributed by atoms with E-state index in [0.717, 1.165) is 5.56 Å². The highest BCUT2D eigenvalue weighted by atomic mass is 16.8. The fourth-order valence-corrected chi connectivity index (χ4v) is 8.47. The zero-order valence-electron chi connectivity index (χ0n) is 26.6. The molecule has 0 saturated carbocycles. The first-order valence-corrected chi connectivity index (χ1v) is 16.0. The van der Waals surface area contributed by atoms with E-state index in [-0.39, 0.29) is 6.61 Å². The van der Waals surface area contributed by atoms with Crippen molar-refractivity contribution in [3.05, 3.63) is 75.4 Å². The molecule has 2 aromatic rings. The predicted octanol–water partition coefficient (Wildman–Crippen LogP) is 0.396. The first kappa shape index (κ1) is 31.2. The number of aliphatic hydroxyl groups is 3. The molecule has 13 heteroatoms. The molecule has 5 N–H and O–H groups in total. The zero-order chi connectivity index (χ0) is 33.9. The molecule has 252 valence electrons. The summed E-state index contributed by atoms with van der Waals surface area (Å²) >= 11 is 0. The number of quaternary nitrogens is 1. The summed E-state index contributed by atoms with van der Waals surface area (Å²) in [6, 6.07) is 6.32. The number of aliphatic hydroxyl groups excluding tert-OH is 2. The summed E-state index contributed by atoms with van der Waals surface area (Å²) in [5.41, 5.74) is 0.476. The molecular weight excluding hydrogens is 626 g/mol. The highest BCUT2D eigenvalue weighted by Gasteiger charge is 2.70. The molecule has 8 rings (SSSR count). The standard InChI is InChI=1S/C35H35NO12/c1-14-9-17(43-4)11-22-18(14)5-6-23(37)35(22)25-19-12-21-16(7-8-34(21,42)24-13-44-33(41)46-24)10-20(19)29(30(25)48-32(35)40)47-31-26(36-3)28(39)27(38)15(2)45-31/h5-12,15,24-31,36,38-39,42H,13H2,1-4H3/p+1. The Bertz CT molecular complexity index is 1820. The number of ether oxygens (including phenoxy) is 6. The molecule has 0 radical (unpaired) electrons. The predicted molar refractivity (Wildman–Crippen MR) is 163 cm³/mol. The summed E-state index contributed by atoms with van der Waals surface area (Å²) in [6.07, 6.45) is -1.73. The minimum atomic E-state index is -1.82. The lowest BCUT2D eigenvalue weighted by Crippen LogP contribution is -2.94. The lowest BCUT2D eigenvalue weighted by atomic mass is 9.62. The van der Waals surface area contributed by atoms with Gasteiger partial charge in [-0.15, -0.1) is 0 Å². The van der Waals surface area contributed by atoms with E-state index in [1.54, 1.807) is 43.6 Å². The van der Waals surface area contributed by atoms with Gasteiger partial charge in [-0.3, -0.25) is 9.59 Å². The van der Waals surface area contributed by atoms with Gasteiger partial charge in [0, 0.05) is 0 Å². The molecule has 0 bridgehead atoms. The molecule has 13 nitrogen and oxygen atoms in total. The summed E-state index contributed by atoms with van der Waals surface area (Å²) in [7, 11) is 3.23. The van der Waals surface area contributed by atoms with Crippen molar-refractivity contribution in [3.63, 3.8) is 0 Å². The van der Waals surface area contributed by atoms with Gasteiger partial charge >= 0.3 is 12.1 Å². The van der Waals surface area contributed by atoms with Crippen molar-refractivity contribution in [1.82, 2.24) is 0 Å². The lowest BCUT2D eigenvalue weighted by Gasteiger charge is -2.40. The van der Waals surface area contributed by atoms with E-state index >= 15 is 0 Å². The number of hydrogen-bond donors (Lipinski definition) is 4. The molecule has 48 heavy (non-hydrogen) atoms.